The SMILES string of the molecule is COc1cccc(C2/C(=C(\O)c3ccc(Cl)c(Cl)c3)C(=O)C(=O)N2c2cccc(NC(C)=O)c2)c1. The molecule has 1 fully saturated rings. The van der Waals surface area contributed by atoms with E-state index in [4.69, 9.17) is 27.9 Å². The van der Waals surface area contributed by atoms with Crippen LogP contribution in [-0.2, 0) is 14.4 Å². The molecular formula is C26H20Cl2N2O5. The van der Waals surface area contributed by atoms with Crippen molar-refractivity contribution < 1.29 is 24.2 Å². The van der Waals surface area contributed by atoms with Gasteiger partial charge in [0.25, 0.3) is 11.7 Å². The molecular weight excluding hydrogens is 491 g/mol. The largest absolute Gasteiger partial charge is 0.507 e. The van der Waals surface area contributed by atoms with Gasteiger partial charge in [0, 0.05) is 23.9 Å². The number of ether oxygens (including phenoxy) is 1. The Morgan fingerprint density at radius 1 is 1.00 bits per heavy atom. The van der Waals surface area contributed by atoms with Gasteiger partial charge in [-0.3, -0.25) is 19.3 Å². The van der Waals surface area contributed by atoms with Crippen LogP contribution in [0, 0.1) is 0 Å². The number of halogens is 2. The Bertz CT molecular complexity index is 1390. The molecule has 35 heavy (non-hydrogen) atoms. The van der Waals surface area contributed by atoms with E-state index in [0.29, 0.717) is 22.7 Å². The number of Topliss-reactive ketones (excluding diaryl/α,β-unsaturated/α-hetero) is 1. The predicted octanol–water partition coefficient (Wildman–Crippen LogP) is 5.59. The van der Waals surface area contributed by atoms with Crippen LogP contribution in [0.5, 0.6) is 5.75 Å². The first-order valence-electron chi connectivity index (χ1n) is 10.5. The van der Waals surface area contributed by atoms with E-state index in [0.717, 1.165) is 0 Å². The van der Waals surface area contributed by atoms with Gasteiger partial charge in [0.2, 0.25) is 5.91 Å². The van der Waals surface area contributed by atoms with Crippen LogP contribution in [0.3, 0.4) is 0 Å². The topological polar surface area (TPSA) is 95.9 Å². The lowest BCUT2D eigenvalue weighted by Gasteiger charge is -2.26. The van der Waals surface area contributed by atoms with Crippen molar-refractivity contribution in [1.82, 2.24) is 0 Å². The lowest BCUT2D eigenvalue weighted by atomic mass is 9.95. The fraction of sp³-hybridized carbons (Fsp3) is 0.115. The second-order valence-corrected chi connectivity index (χ2v) is 8.62. The average Bonchev–Trinajstić information content (AvgIpc) is 3.10. The molecule has 4 rings (SSSR count). The molecule has 0 radical (unpaired) electrons. The van der Waals surface area contributed by atoms with Crippen molar-refractivity contribution in [2.45, 2.75) is 13.0 Å². The van der Waals surface area contributed by atoms with Crippen molar-refractivity contribution in [1.29, 1.82) is 0 Å². The summed E-state index contributed by atoms with van der Waals surface area (Å²) in [7, 11) is 1.50. The van der Waals surface area contributed by atoms with E-state index >= 15 is 0 Å². The van der Waals surface area contributed by atoms with E-state index in [2.05, 4.69) is 5.32 Å². The van der Waals surface area contributed by atoms with Gasteiger partial charge in [0.05, 0.1) is 28.8 Å². The van der Waals surface area contributed by atoms with Crippen LogP contribution in [-0.4, -0.2) is 29.8 Å². The van der Waals surface area contributed by atoms with Crippen LogP contribution >= 0.6 is 23.2 Å². The summed E-state index contributed by atoms with van der Waals surface area (Å²) in [5.74, 6) is -1.87. The fourth-order valence-electron chi connectivity index (χ4n) is 3.96. The molecule has 3 aromatic rings. The molecule has 1 heterocycles. The van der Waals surface area contributed by atoms with Crippen LogP contribution in [0.25, 0.3) is 5.76 Å². The number of amides is 2. The van der Waals surface area contributed by atoms with Crippen molar-refractivity contribution in [3.05, 3.63) is 93.5 Å². The summed E-state index contributed by atoms with van der Waals surface area (Å²) in [6.45, 7) is 1.37. The zero-order valence-electron chi connectivity index (χ0n) is 18.7. The molecule has 1 atom stereocenters. The van der Waals surface area contributed by atoms with Crippen LogP contribution in [0.1, 0.15) is 24.1 Å². The van der Waals surface area contributed by atoms with Crippen molar-refractivity contribution >= 4 is 57.9 Å². The average molecular weight is 511 g/mol. The molecule has 0 aromatic heterocycles. The standard InChI is InChI=1S/C26H20Cl2N2O5/c1-14(31)29-17-6-4-7-18(13-17)30-23(15-5-3-8-19(11-15)35-2)22(25(33)26(30)34)24(32)16-9-10-20(27)21(28)12-16/h3-13,23,32H,1-2H3,(H,29,31)/b24-22+. The summed E-state index contributed by atoms with van der Waals surface area (Å²) in [4.78, 5) is 39.4. The first-order valence-corrected chi connectivity index (χ1v) is 11.2. The third-order valence-corrected chi connectivity index (χ3v) is 6.23. The lowest BCUT2D eigenvalue weighted by molar-refractivity contribution is -0.132. The Morgan fingerprint density at radius 3 is 2.43 bits per heavy atom. The number of rotatable bonds is 5. The number of hydrogen-bond donors (Lipinski definition) is 2. The molecule has 3 aromatic carbocycles. The molecule has 178 valence electrons. The molecule has 0 saturated carbocycles. The summed E-state index contributed by atoms with van der Waals surface area (Å²) < 4.78 is 5.33. The summed E-state index contributed by atoms with van der Waals surface area (Å²) in [5.41, 5.74) is 1.46. The molecule has 1 aliphatic heterocycles. The first-order chi connectivity index (χ1) is 16.7. The van der Waals surface area contributed by atoms with Gasteiger partial charge in [-0.25, -0.2) is 0 Å². The molecule has 1 saturated heterocycles. The third kappa shape index (κ3) is 4.73. The Morgan fingerprint density at radius 2 is 1.74 bits per heavy atom. The van der Waals surface area contributed by atoms with Crippen LogP contribution in [0.4, 0.5) is 11.4 Å². The maximum Gasteiger partial charge on any atom is 0.300 e. The highest BCUT2D eigenvalue weighted by atomic mass is 35.5. The summed E-state index contributed by atoms with van der Waals surface area (Å²) in [5, 5.41) is 14.3. The Balaban J connectivity index is 1.94. The number of carbonyl (C=O) groups excluding carboxylic acids is 3. The van der Waals surface area contributed by atoms with Crippen LogP contribution in [0.2, 0.25) is 10.0 Å². The molecule has 7 nitrogen and oxygen atoms in total. The number of carbonyl (C=O) groups is 3. The second kappa shape index (κ2) is 9.82. The highest BCUT2D eigenvalue weighted by Crippen LogP contribution is 2.43. The number of benzene rings is 3. The Kier molecular flexibility index (Phi) is 6.82. The molecule has 2 amide bonds. The van der Waals surface area contributed by atoms with Gasteiger partial charge in [-0.15, -0.1) is 0 Å². The lowest BCUT2D eigenvalue weighted by Crippen LogP contribution is -2.29. The molecule has 1 unspecified atom stereocenters. The number of nitrogens with zero attached hydrogens (tertiary/aromatic N) is 1. The molecule has 0 bridgehead atoms. The van der Waals surface area contributed by atoms with Gasteiger partial charge in [-0.2, -0.15) is 0 Å². The minimum absolute atomic E-state index is 0.119. The van der Waals surface area contributed by atoms with Gasteiger partial charge in [-0.1, -0.05) is 41.4 Å². The highest BCUT2D eigenvalue weighted by Gasteiger charge is 2.47. The molecule has 2 N–H and O–H groups in total. The predicted molar refractivity (Wildman–Crippen MR) is 135 cm³/mol. The number of nitrogens with one attached hydrogen (secondary N) is 1. The number of ketones is 1. The number of methoxy groups -OCH3 is 1. The van der Waals surface area contributed by atoms with Crippen LogP contribution in [0.15, 0.2) is 72.3 Å². The van der Waals surface area contributed by atoms with E-state index in [9.17, 15) is 19.5 Å². The highest BCUT2D eigenvalue weighted by molar-refractivity contribution is 6.52. The zero-order valence-corrected chi connectivity index (χ0v) is 20.2. The quantitative estimate of drug-likeness (QED) is 0.265. The molecule has 9 heteroatoms. The van der Waals surface area contributed by atoms with Crippen LogP contribution < -0.4 is 15.0 Å². The van der Waals surface area contributed by atoms with E-state index in [1.807, 2.05) is 0 Å². The maximum atomic E-state index is 13.3. The minimum Gasteiger partial charge on any atom is -0.507 e. The van der Waals surface area contributed by atoms with Gasteiger partial charge in [0.1, 0.15) is 11.5 Å². The monoisotopic (exact) mass is 510 g/mol. The summed E-state index contributed by atoms with van der Waals surface area (Å²) in [6.07, 6.45) is 0. The third-order valence-electron chi connectivity index (χ3n) is 5.49. The second-order valence-electron chi connectivity index (χ2n) is 7.81. The number of aliphatic hydroxyl groups is 1. The molecule has 0 aliphatic carbocycles. The fourth-order valence-corrected chi connectivity index (χ4v) is 4.26. The van der Waals surface area contributed by atoms with E-state index in [1.54, 1.807) is 48.5 Å². The number of aliphatic hydroxyl groups excluding tert-OH is 1. The van der Waals surface area contributed by atoms with Crippen molar-refractivity contribution in [3.63, 3.8) is 0 Å². The molecule has 0 spiro atoms. The number of hydrogen-bond acceptors (Lipinski definition) is 5. The van der Waals surface area contributed by atoms with Gasteiger partial charge >= 0.3 is 0 Å². The normalized spacial score (nSPS) is 16.9. The Hall–Kier alpha value is -3.81. The van der Waals surface area contributed by atoms with Crippen molar-refractivity contribution in [3.8, 4) is 5.75 Å². The summed E-state index contributed by atoms with van der Waals surface area (Å²) >= 11 is 12.1. The molecule has 1 aliphatic rings. The van der Waals surface area contributed by atoms with E-state index in [-0.39, 0.29) is 27.1 Å². The smallest absolute Gasteiger partial charge is 0.300 e. The van der Waals surface area contributed by atoms with Crippen molar-refractivity contribution in [2.24, 2.45) is 0 Å². The van der Waals surface area contributed by atoms with Gasteiger partial charge in [-0.05, 0) is 54.1 Å². The maximum absolute atomic E-state index is 13.3. The summed E-state index contributed by atoms with van der Waals surface area (Å²) in [6, 6.07) is 16.9. The minimum atomic E-state index is -0.980. The van der Waals surface area contributed by atoms with Gasteiger partial charge in [0.15, 0.2) is 0 Å². The number of anilines is 2. The van der Waals surface area contributed by atoms with Gasteiger partial charge < -0.3 is 15.2 Å². The van der Waals surface area contributed by atoms with E-state index < -0.39 is 23.5 Å². The first kappa shape index (κ1) is 24.3. The van der Waals surface area contributed by atoms with Crippen molar-refractivity contribution in [2.75, 3.05) is 17.3 Å². The zero-order chi connectivity index (χ0) is 25.3. The Labute approximate surface area is 211 Å². The van der Waals surface area contributed by atoms with E-state index in [1.165, 1.54) is 37.1 Å².